The molecule has 1 aliphatic rings. The zero-order valence-electron chi connectivity index (χ0n) is 14.3. The Labute approximate surface area is 126 Å². The Morgan fingerprint density at radius 3 is 1.85 bits per heavy atom. The van der Waals surface area contributed by atoms with Crippen molar-refractivity contribution in [2.75, 3.05) is 0 Å². The van der Waals surface area contributed by atoms with Gasteiger partial charge in [0.25, 0.3) is 0 Å². The van der Waals surface area contributed by atoms with E-state index < -0.39 is 0 Å². The van der Waals surface area contributed by atoms with Gasteiger partial charge in [-0.15, -0.1) is 0 Å². The third-order valence-electron chi connectivity index (χ3n) is 5.16. The van der Waals surface area contributed by atoms with Crippen LogP contribution in [0.4, 0.5) is 0 Å². The Bertz CT molecular complexity index is 434. The first-order chi connectivity index (χ1) is 9.19. The van der Waals surface area contributed by atoms with Crippen molar-refractivity contribution in [3.63, 3.8) is 0 Å². The van der Waals surface area contributed by atoms with Crippen LogP contribution in [-0.4, -0.2) is 0 Å². The maximum atomic E-state index is 2.40. The molecule has 0 atom stereocenters. The lowest BCUT2D eigenvalue weighted by Crippen LogP contribution is -2.26. The Kier molecular flexibility index (Phi) is 4.33. The molecule has 112 valence electrons. The molecule has 2 rings (SSSR count). The highest BCUT2D eigenvalue weighted by Gasteiger charge is 2.31. The molecule has 0 aliphatic heterocycles. The number of hydrogen-bond acceptors (Lipinski definition) is 0. The monoisotopic (exact) mass is 272 g/mol. The molecule has 0 heterocycles. The van der Waals surface area contributed by atoms with Crippen LogP contribution >= 0.6 is 0 Å². The molecule has 0 aromatic heterocycles. The van der Waals surface area contributed by atoms with Crippen LogP contribution in [0, 0.1) is 11.3 Å². The molecule has 0 unspecified atom stereocenters. The first-order valence-electron chi connectivity index (χ1n) is 8.29. The van der Waals surface area contributed by atoms with E-state index in [1.54, 1.807) is 11.1 Å². The summed E-state index contributed by atoms with van der Waals surface area (Å²) in [6.07, 6.45) is 5.53. The molecule has 1 saturated carbocycles. The van der Waals surface area contributed by atoms with E-state index in [-0.39, 0.29) is 5.41 Å². The van der Waals surface area contributed by atoms with Crippen molar-refractivity contribution in [2.24, 2.45) is 11.3 Å². The van der Waals surface area contributed by atoms with E-state index in [1.165, 1.54) is 25.7 Å². The van der Waals surface area contributed by atoms with E-state index in [0.717, 1.165) is 11.8 Å². The van der Waals surface area contributed by atoms with Gasteiger partial charge in [0.15, 0.2) is 0 Å². The van der Waals surface area contributed by atoms with E-state index in [9.17, 15) is 0 Å². The Balaban J connectivity index is 2.16. The van der Waals surface area contributed by atoms with Gasteiger partial charge in [-0.1, -0.05) is 65.8 Å². The van der Waals surface area contributed by atoms with Crippen molar-refractivity contribution in [1.82, 2.24) is 0 Å². The second-order valence-corrected chi connectivity index (χ2v) is 8.75. The number of benzene rings is 1. The van der Waals surface area contributed by atoms with Gasteiger partial charge in [-0.05, 0) is 59.5 Å². The fourth-order valence-electron chi connectivity index (χ4n) is 3.81. The largest absolute Gasteiger partial charge is 0.0620 e. The van der Waals surface area contributed by atoms with Gasteiger partial charge in [0.05, 0.1) is 0 Å². The molecule has 0 bridgehead atoms. The first-order valence-corrected chi connectivity index (χ1v) is 8.29. The smallest absolute Gasteiger partial charge is 0.0129 e. The van der Waals surface area contributed by atoms with Crippen LogP contribution in [0.15, 0.2) is 24.3 Å². The average Bonchev–Trinajstić information content (AvgIpc) is 2.37. The lowest BCUT2D eigenvalue weighted by Gasteiger charge is -2.38. The molecule has 1 aromatic rings. The maximum absolute atomic E-state index is 2.40. The summed E-state index contributed by atoms with van der Waals surface area (Å²) in [5.74, 6) is 1.68. The summed E-state index contributed by atoms with van der Waals surface area (Å²) in [6, 6.07) is 9.14. The lowest BCUT2D eigenvalue weighted by atomic mass is 9.67. The van der Waals surface area contributed by atoms with Crippen LogP contribution < -0.4 is 0 Å². The predicted molar refractivity (Wildman–Crippen MR) is 89.3 cm³/mol. The fourth-order valence-corrected chi connectivity index (χ4v) is 3.81. The molecule has 20 heavy (non-hydrogen) atoms. The van der Waals surface area contributed by atoms with Gasteiger partial charge in [0.2, 0.25) is 0 Å². The summed E-state index contributed by atoms with van der Waals surface area (Å²) in [5.41, 5.74) is 3.91. The van der Waals surface area contributed by atoms with Crippen LogP contribution in [0.25, 0.3) is 0 Å². The minimum atomic E-state index is 0.261. The van der Waals surface area contributed by atoms with Crippen molar-refractivity contribution < 1.29 is 0 Å². The second-order valence-electron chi connectivity index (χ2n) is 8.75. The Morgan fingerprint density at radius 2 is 1.35 bits per heavy atom. The zero-order valence-corrected chi connectivity index (χ0v) is 14.3. The summed E-state index contributed by atoms with van der Waals surface area (Å²) in [6.45, 7) is 14.2. The molecule has 1 aliphatic carbocycles. The summed E-state index contributed by atoms with van der Waals surface area (Å²) in [7, 11) is 0. The van der Waals surface area contributed by atoms with Gasteiger partial charge in [-0.25, -0.2) is 0 Å². The zero-order chi connectivity index (χ0) is 15.0. The van der Waals surface area contributed by atoms with Crippen molar-refractivity contribution in [3.8, 4) is 0 Å². The fraction of sp³-hybridized carbons (Fsp3) is 0.700. The maximum Gasteiger partial charge on any atom is -0.0129 e. The highest BCUT2D eigenvalue weighted by Crippen LogP contribution is 2.44. The minimum absolute atomic E-state index is 0.261. The predicted octanol–water partition coefficient (Wildman–Crippen LogP) is 6.30. The summed E-state index contributed by atoms with van der Waals surface area (Å²) < 4.78 is 0. The summed E-state index contributed by atoms with van der Waals surface area (Å²) >= 11 is 0. The minimum Gasteiger partial charge on any atom is -0.0620 e. The second kappa shape index (κ2) is 5.54. The Morgan fingerprint density at radius 1 is 0.800 bits per heavy atom. The molecular weight excluding hydrogens is 240 g/mol. The topological polar surface area (TPSA) is 0 Å². The summed E-state index contributed by atoms with van der Waals surface area (Å²) in [5, 5.41) is 0. The van der Waals surface area contributed by atoms with Crippen LogP contribution in [0.3, 0.4) is 0 Å². The van der Waals surface area contributed by atoms with E-state index in [1.807, 2.05) is 0 Å². The van der Waals surface area contributed by atoms with Crippen molar-refractivity contribution >= 4 is 0 Å². The van der Waals surface area contributed by atoms with E-state index in [0.29, 0.717) is 5.41 Å². The Hall–Kier alpha value is -0.780. The van der Waals surface area contributed by atoms with Crippen LogP contribution in [0.2, 0.25) is 0 Å². The first kappa shape index (κ1) is 15.6. The molecule has 0 saturated heterocycles. The number of hydrogen-bond donors (Lipinski definition) is 0. The molecule has 0 nitrogen and oxygen atoms in total. The van der Waals surface area contributed by atoms with Crippen molar-refractivity contribution in [3.05, 3.63) is 35.4 Å². The van der Waals surface area contributed by atoms with E-state index in [2.05, 4.69) is 65.8 Å². The third-order valence-corrected chi connectivity index (χ3v) is 5.16. The molecule has 0 radical (unpaired) electrons. The van der Waals surface area contributed by atoms with Crippen molar-refractivity contribution in [2.45, 2.75) is 78.6 Å². The summed E-state index contributed by atoms with van der Waals surface area (Å²) in [4.78, 5) is 0. The molecule has 0 heteroatoms. The standard InChI is InChI=1S/C20H32/c1-19(2,3)16-13-11-15(12-14-16)17-9-7-8-10-18(17)20(4,5)6/h7-10,15-16H,11-14H2,1-6H3. The van der Waals surface area contributed by atoms with Crippen LogP contribution in [-0.2, 0) is 5.41 Å². The third kappa shape index (κ3) is 3.45. The lowest BCUT2D eigenvalue weighted by molar-refractivity contribution is 0.168. The van der Waals surface area contributed by atoms with Gasteiger partial charge in [0.1, 0.15) is 0 Å². The van der Waals surface area contributed by atoms with Gasteiger partial charge in [-0.3, -0.25) is 0 Å². The number of rotatable bonds is 1. The quantitative estimate of drug-likeness (QED) is 0.562. The van der Waals surface area contributed by atoms with Gasteiger partial charge in [-0.2, -0.15) is 0 Å². The highest BCUT2D eigenvalue weighted by molar-refractivity contribution is 5.35. The normalized spacial score (nSPS) is 24.7. The molecule has 0 amide bonds. The molecule has 0 N–H and O–H groups in total. The highest BCUT2D eigenvalue weighted by atomic mass is 14.4. The molecule has 1 fully saturated rings. The van der Waals surface area contributed by atoms with E-state index in [4.69, 9.17) is 0 Å². The van der Waals surface area contributed by atoms with Crippen molar-refractivity contribution in [1.29, 1.82) is 0 Å². The molecule has 1 aromatic carbocycles. The average molecular weight is 272 g/mol. The molecule has 0 spiro atoms. The SMILES string of the molecule is CC(C)(C)c1ccccc1C1CCC(C(C)(C)C)CC1. The van der Waals surface area contributed by atoms with Gasteiger partial charge >= 0.3 is 0 Å². The van der Waals surface area contributed by atoms with Crippen LogP contribution in [0.1, 0.15) is 84.3 Å². The van der Waals surface area contributed by atoms with E-state index >= 15 is 0 Å². The molecular formula is C20H32. The van der Waals surface area contributed by atoms with Gasteiger partial charge < -0.3 is 0 Å². The van der Waals surface area contributed by atoms with Crippen LogP contribution in [0.5, 0.6) is 0 Å². The van der Waals surface area contributed by atoms with Gasteiger partial charge in [0, 0.05) is 0 Å².